The lowest BCUT2D eigenvalue weighted by Crippen LogP contribution is -2.10. The van der Waals surface area contributed by atoms with Gasteiger partial charge in [-0.15, -0.1) is 0 Å². The average molecular weight is 167 g/mol. The molecule has 0 spiro atoms. The maximum atomic E-state index is 5.25. The van der Waals surface area contributed by atoms with Gasteiger partial charge < -0.3 is 4.42 Å². The van der Waals surface area contributed by atoms with Crippen molar-refractivity contribution >= 4 is 0 Å². The van der Waals surface area contributed by atoms with Crippen LogP contribution in [0.5, 0.6) is 0 Å². The molecule has 0 fully saturated rings. The highest BCUT2D eigenvalue weighted by molar-refractivity contribution is 5.08. The Hall–Kier alpha value is -0.790. The van der Waals surface area contributed by atoms with E-state index < -0.39 is 0 Å². The van der Waals surface area contributed by atoms with Crippen LogP contribution in [-0.2, 0) is 12.8 Å². The molecule has 0 aliphatic heterocycles. The fraction of sp³-hybridized carbons (Fsp3) is 0.700. The zero-order valence-corrected chi connectivity index (χ0v) is 8.35. The Labute approximate surface area is 74.0 Å². The lowest BCUT2D eigenvalue weighted by molar-refractivity contribution is 0.401. The van der Waals surface area contributed by atoms with Crippen molar-refractivity contribution in [1.82, 2.24) is 4.98 Å². The van der Waals surface area contributed by atoms with Crippen molar-refractivity contribution in [3.63, 3.8) is 0 Å². The molecule has 1 rings (SSSR count). The molecule has 2 heteroatoms. The van der Waals surface area contributed by atoms with E-state index in [0.29, 0.717) is 5.41 Å². The van der Waals surface area contributed by atoms with E-state index in [0.717, 1.165) is 24.3 Å². The van der Waals surface area contributed by atoms with E-state index in [9.17, 15) is 0 Å². The number of nitrogens with zero attached hydrogens (tertiary/aromatic N) is 1. The molecule has 0 saturated carbocycles. The number of hydrogen-bond acceptors (Lipinski definition) is 2. The fourth-order valence-corrected chi connectivity index (χ4v) is 1.23. The minimum Gasteiger partial charge on any atom is -0.448 e. The predicted octanol–water partition coefficient (Wildman–Crippen LogP) is 2.83. The molecular weight excluding hydrogens is 150 g/mol. The van der Waals surface area contributed by atoms with Crippen LogP contribution >= 0.6 is 0 Å². The third kappa shape index (κ3) is 2.36. The number of hydrogen-bond donors (Lipinski definition) is 0. The second kappa shape index (κ2) is 3.30. The standard InChI is InChI=1S/C10H17NO/c1-5-9-8(11-7-12-9)6-10(2,3)4/h7H,5-6H2,1-4H3. The Balaban J connectivity index is 2.75. The van der Waals surface area contributed by atoms with Gasteiger partial charge in [0.05, 0.1) is 5.69 Å². The van der Waals surface area contributed by atoms with Crippen molar-refractivity contribution in [1.29, 1.82) is 0 Å². The summed E-state index contributed by atoms with van der Waals surface area (Å²) in [6.07, 6.45) is 3.47. The van der Waals surface area contributed by atoms with Gasteiger partial charge in [-0.3, -0.25) is 0 Å². The number of oxazole rings is 1. The lowest BCUT2D eigenvalue weighted by Gasteiger charge is -2.16. The quantitative estimate of drug-likeness (QED) is 0.677. The van der Waals surface area contributed by atoms with Gasteiger partial charge in [-0.25, -0.2) is 4.98 Å². The first kappa shape index (κ1) is 9.30. The Kier molecular flexibility index (Phi) is 2.55. The van der Waals surface area contributed by atoms with Gasteiger partial charge in [-0.2, -0.15) is 0 Å². The fourth-order valence-electron chi connectivity index (χ4n) is 1.23. The van der Waals surface area contributed by atoms with E-state index >= 15 is 0 Å². The highest BCUT2D eigenvalue weighted by Gasteiger charge is 2.16. The van der Waals surface area contributed by atoms with E-state index in [1.807, 2.05) is 0 Å². The van der Waals surface area contributed by atoms with Crippen molar-refractivity contribution in [3.05, 3.63) is 17.8 Å². The summed E-state index contributed by atoms with van der Waals surface area (Å²) in [4.78, 5) is 4.21. The van der Waals surface area contributed by atoms with Gasteiger partial charge in [-0.05, 0) is 11.8 Å². The average Bonchev–Trinajstić information content (AvgIpc) is 2.31. The van der Waals surface area contributed by atoms with E-state index in [1.165, 1.54) is 0 Å². The van der Waals surface area contributed by atoms with Crippen LogP contribution in [0.25, 0.3) is 0 Å². The summed E-state index contributed by atoms with van der Waals surface area (Å²) < 4.78 is 5.25. The van der Waals surface area contributed by atoms with Crippen LogP contribution in [0.15, 0.2) is 10.8 Å². The minimum atomic E-state index is 0.292. The molecule has 1 aromatic heterocycles. The van der Waals surface area contributed by atoms with Crippen molar-refractivity contribution in [2.45, 2.75) is 40.5 Å². The molecule has 68 valence electrons. The van der Waals surface area contributed by atoms with Gasteiger partial charge in [0.1, 0.15) is 5.76 Å². The Morgan fingerprint density at radius 2 is 2.08 bits per heavy atom. The summed E-state index contributed by atoms with van der Waals surface area (Å²) in [7, 11) is 0. The largest absolute Gasteiger partial charge is 0.448 e. The zero-order valence-electron chi connectivity index (χ0n) is 8.35. The van der Waals surface area contributed by atoms with Gasteiger partial charge in [-0.1, -0.05) is 27.7 Å². The third-order valence-corrected chi connectivity index (χ3v) is 1.74. The van der Waals surface area contributed by atoms with E-state index in [2.05, 4.69) is 32.7 Å². The zero-order chi connectivity index (χ0) is 9.19. The van der Waals surface area contributed by atoms with Gasteiger partial charge >= 0.3 is 0 Å². The molecule has 1 heterocycles. The highest BCUT2D eigenvalue weighted by Crippen LogP contribution is 2.21. The van der Waals surface area contributed by atoms with Crippen LogP contribution in [-0.4, -0.2) is 4.98 Å². The van der Waals surface area contributed by atoms with Crippen LogP contribution in [0.2, 0.25) is 0 Å². The van der Waals surface area contributed by atoms with Gasteiger partial charge in [0.25, 0.3) is 0 Å². The van der Waals surface area contributed by atoms with Crippen LogP contribution in [0, 0.1) is 5.41 Å². The Bertz CT molecular complexity index is 245. The molecule has 2 nitrogen and oxygen atoms in total. The molecule has 0 aliphatic carbocycles. The van der Waals surface area contributed by atoms with Crippen LogP contribution in [0.1, 0.15) is 39.1 Å². The van der Waals surface area contributed by atoms with E-state index in [4.69, 9.17) is 4.42 Å². The van der Waals surface area contributed by atoms with Crippen molar-refractivity contribution < 1.29 is 4.42 Å². The molecule has 0 saturated heterocycles. The summed E-state index contributed by atoms with van der Waals surface area (Å²) in [5.41, 5.74) is 1.41. The van der Waals surface area contributed by atoms with Crippen LogP contribution < -0.4 is 0 Å². The second-order valence-corrected chi connectivity index (χ2v) is 4.31. The number of aryl methyl sites for hydroxylation is 1. The Morgan fingerprint density at radius 3 is 2.58 bits per heavy atom. The number of rotatable bonds is 2. The first-order valence-corrected chi connectivity index (χ1v) is 4.44. The molecule has 0 aliphatic rings. The van der Waals surface area contributed by atoms with Crippen molar-refractivity contribution in [3.8, 4) is 0 Å². The minimum absolute atomic E-state index is 0.292. The topological polar surface area (TPSA) is 26.0 Å². The van der Waals surface area contributed by atoms with Crippen LogP contribution in [0.4, 0.5) is 0 Å². The predicted molar refractivity (Wildman–Crippen MR) is 49.0 cm³/mol. The molecule has 0 unspecified atom stereocenters. The second-order valence-electron chi connectivity index (χ2n) is 4.31. The molecule has 12 heavy (non-hydrogen) atoms. The molecule has 0 amide bonds. The lowest BCUT2D eigenvalue weighted by atomic mass is 9.90. The SMILES string of the molecule is CCc1ocnc1CC(C)(C)C. The highest BCUT2D eigenvalue weighted by atomic mass is 16.3. The van der Waals surface area contributed by atoms with Gasteiger partial charge in [0.15, 0.2) is 6.39 Å². The molecule has 1 aromatic rings. The summed E-state index contributed by atoms with van der Waals surface area (Å²) in [5.74, 6) is 1.03. The summed E-state index contributed by atoms with van der Waals surface area (Å²) in [6.45, 7) is 8.72. The van der Waals surface area contributed by atoms with Crippen molar-refractivity contribution in [2.75, 3.05) is 0 Å². The first-order valence-electron chi connectivity index (χ1n) is 4.44. The van der Waals surface area contributed by atoms with Gasteiger partial charge in [0.2, 0.25) is 0 Å². The van der Waals surface area contributed by atoms with Gasteiger partial charge in [0, 0.05) is 6.42 Å². The smallest absolute Gasteiger partial charge is 0.181 e. The van der Waals surface area contributed by atoms with Crippen molar-refractivity contribution in [2.24, 2.45) is 5.41 Å². The summed E-state index contributed by atoms with van der Waals surface area (Å²) in [6, 6.07) is 0. The van der Waals surface area contributed by atoms with Crippen LogP contribution in [0.3, 0.4) is 0 Å². The molecule has 0 aromatic carbocycles. The maximum Gasteiger partial charge on any atom is 0.181 e. The molecule has 0 atom stereocenters. The molecule has 0 bridgehead atoms. The summed E-state index contributed by atoms with van der Waals surface area (Å²) >= 11 is 0. The Morgan fingerprint density at radius 1 is 1.42 bits per heavy atom. The molecule has 0 N–H and O–H groups in total. The monoisotopic (exact) mass is 167 g/mol. The number of aromatic nitrogens is 1. The first-order chi connectivity index (χ1) is 5.53. The van der Waals surface area contributed by atoms with E-state index in [1.54, 1.807) is 6.39 Å². The molecular formula is C10H17NO. The normalized spacial score (nSPS) is 12.0. The van der Waals surface area contributed by atoms with E-state index in [-0.39, 0.29) is 0 Å². The maximum absolute atomic E-state index is 5.25. The molecule has 0 radical (unpaired) electrons. The summed E-state index contributed by atoms with van der Waals surface area (Å²) in [5, 5.41) is 0. The third-order valence-electron chi connectivity index (χ3n) is 1.74.